The van der Waals surface area contributed by atoms with Gasteiger partial charge in [0.05, 0.1) is 19.0 Å². The SMILES string of the molecule is COc1ccc(C2=CNC(C)N2)cc1. The highest BCUT2D eigenvalue weighted by atomic mass is 16.5. The summed E-state index contributed by atoms with van der Waals surface area (Å²) in [5, 5.41) is 6.51. The summed E-state index contributed by atoms with van der Waals surface area (Å²) in [6.07, 6.45) is 2.30. The molecule has 0 saturated heterocycles. The minimum atomic E-state index is 0.312. The van der Waals surface area contributed by atoms with Gasteiger partial charge < -0.3 is 15.4 Å². The van der Waals surface area contributed by atoms with Crippen molar-refractivity contribution in [3.63, 3.8) is 0 Å². The van der Waals surface area contributed by atoms with E-state index in [-0.39, 0.29) is 0 Å². The Morgan fingerprint density at radius 2 is 1.93 bits per heavy atom. The minimum Gasteiger partial charge on any atom is -0.497 e. The number of hydrogen-bond donors (Lipinski definition) is 2. The Morgan fingerprint density at radius 1 is 1.21 bits per heavy atom. The molecule has 0 radical (unpaired) electrons. The van der Waals surface area contributed by atoms with E-state index in [2.05, 4.69) is 17.6 Å². The normalized spacial score (nSPS) is 19.6. The highest BCUT2D eigenvalue weighted by molar-refractivity contribution is 5.65. The molecule has 3 nitrogen and oxygen atoms in total. The number of ether oxygens (including phenoxy) is 1. The van der Waals surface area contributed by atoms with E-state index in [9.17, 15) is 0 Å². The Bertz CT molecular complexity index is 343. The maximum Gasteiger partial charge on any atom is 0.118 e. The molecule has 1 atom stereocenters. The molecule has 0 fully saturated rings. The van der Waals surface area contributed by atoms with Crippen molar-refractivity contribution in [1.82, 2.24) is 10.6 Å². The molecule has 1 aromatic carbocycles. The molecule has 0 bridgehead atoms. The van der Waals surface area contributed by atoms with Gasteiger partial charge in [-0.2, -0.15) is 0 Å². The first-order valence-electron chi connectivity index (χ1n) is 4.67. The zero-order valence-electron chi connectivity index (χ0n) is 8.37. The smallest absolute Gasteiger partial charge is 0.118 e. The van der Waals surface area contributed by atoms with Crippen LogP contribution in [0.3, 0.4) is 0 Å². The van der Waals surface area contributed by atoms with E-state index in [1.54, 1.807) is 7.11 Å². The number of hydrogen-bond acceptors (Lipinski definition) is 3. The third-order valence-electron chi connectivity index (χ3n) is 2.25. The van der Waals surface area contributed by atoms with Gasteiger partial charge in [0.15, 0.2) is 0 Å². The van der Waals surface area contributed by atoms with E-state index < -0.39 is 0 Å². The first kappa shape index (κ1) is 8.94. The van der Waals surface area contributed by atoms with Gasteiger partial charge in [0, 0.05) is 6.20 Å². The first-order valence-corrected chi connectivity index (χ1v) is 4.67. The second-order valence-corrected chi connectivity index (χ2v) is 3.32. The lowest BCUT2D eigenvalue weighted by molar-refractivity contribution is 0.415. The van der Waals surface area contributed by atoms with Gasteiger partial charge in [-0.3, -0.25) is 0 Å². The van der Waals surface area contributed by atoms with Gasteiger partial charge in [-0.25, -0.2) is 0 Å². The molecular formula is C11H14N2O. The molecule has 0 amide bonds. The van der Waals surface area contributed by atoms with Crippen molar-refractivity contribution in [2.45, 2.75) is 13.1 Å². The van der Waals surface area contributed by atoms with Crippen LogP contribution in [0.5, 0.6) is 5.75 Å². The lowest BCUT2D eigenvalue weighted by Crippen LogP contribution is -2.27. The van der Waals surface area contributed by atoms with E-state index in [1.807, 2.05) is 30.5 Å². The molecular weight excluding hydrogens is 176 g/mol. The van der Waals surface area contributed by atoms with Gasteiger partial charge >= 0.3 is 0 Å². The zero-order valence-corrected chi connectivity index (χ0v) is 8.37. The predicted molar refractivity (Wildman–Crippen MR) is 56.7 cm³/mol. The van der Waals surface area contributed by atoms with Crippen LogP contribution in [0.25, 0.3) is 5.70 Å². The average Bonchev–Trinajstić information content (AvgIpc) is 2.65. The summed E-state index contributed by atoms with van der Waals surface area (Å²) in [4.78, 5) is 0. The highest BCUT2D eigenvalue weighted by Gasteiger charge is 2.10. The molecule has 2 rings (SSSR count). The minimum absolute atomic E-state index is 0.312. The molecule has 0 spiro atoms. The van der Waals surface area contributed by atoms with Crippen molar-refractivity contribution in [3.8, 4) is 5.75 Å². The molecule has 74 valence electrons. The van der Waals surface area contributed by atoms with Crippen LogP contribution in [-0.4, -0.2) is 13.3 Å². The van der Waals surface area contributed by atoms with Crippen LogP contribution in [0.4, 0.5) is 0 Å². The molecule has 1 heterocycles. The summed E-state index contributed by atoms with van der Waals surface area (Å²) in [6, 6.07) is 8.00. The summed E-state index contributed by atoms with van der Waals surface area (Å²) in [7, 11) is 1.67. The van der Waals surface area contributed by atoms with Gasteiger partial charge in [0.2, 0.25) is 0 Å². The van der Waals surface area contributed by atoms with Crippen LogP contribution >= 0.6 is 0 Å². The molecule has 0 aromatic heterocycles. The summed E-state index contributed by atoms with van der Waals surface area (Å²) >= 11 is 0. The van der Waals surface area contributed by atoms with Crippen molar-refractivity contribution in [2.24, 2.45) is 0 Å². The molecule has 0 aliphatic carbocycles. The summed E-state index contributed by atoms with van der Waals surface area (Å²) in [5.41, 5.74) is 2.29. The fourth-order valence-electron chi connectivity index (χ4n) is 1.46. The monoisotopic (exact) mass is 190 g/mol. The van der Waals surface area contributed by atoms with E-state index in [4.69, 9.17) is 4.74 Å². The van der Waals surface area contributed by atoms with E-state index in [0.717, 1.165) is 11.4 Å². The molecule has 0 saturated carbocycles. The van der Waals surface area contributed by atoms with Crippen LogP contribution in [0.1, 0.15) is 12.5 Å². The number of benzene rings is 1. The molecule has 3 heteroatoms. The Balaban J connectivity index is 2.17. The van der Waals surface area contributed by atoms with Crippen LogP contribution < -0.4 is 15.4 Å². The van der Waals surface area contributed by atoms with Gasteiger partial charge in [-0.1, -0.05) is 0 Å². The van der Waals surface area contributed by atoms with E-state index >= 15 is 0 Å². The van der Waals surface area contributed by atoms with E-state index in [0.29, 0.717) is 6.17 Å². The Kier molecular flexibility index (Phi) is 2.31. The second-order valence-electron chi connectivity index (χ2n) is 3.32. The van der Waals surface area contributed by atoms with Crippen molar-refractivity contribution < 1.29 is 4.74 Å². The van der Waals surface area contributed by atoms with E-state index in [1.165, 1.54) is 5.56 Å². The van der Waals surface area contributed by atoms with Crippen molar-refractivity contribution in [3.05, 3.63) is 36.0 Å². The Labute approximate surface area is 83.8 Å². The zero-order chi connectivity index (χ0) is 9.97. The maximum absolute atomic E-state index is 5.10. The fraction of sp³-hybridized carbons (Fsp3) is 0.273. The molecule has 1 aromatic rings. The lowest BCUT2D eigenvalue weighted by atomic mass is 10.1. The van der Waals surface area contributed by atoms with Crippen LogP contribution in [0, 0.1) is 0 Å². The topological polar surface area (TPSA) is 33.3 Å². The van der Waals surface area contributed by atoms with Crippen LogP contribution in [-0.2, 0) is 0 Å². The van der Waals surface area contributed by atoms with Crippen molar-refractivity contribution in [2.75, 3.05) is 7.11 Å². The summed E-state index contributed by atoms with van der Waals surface area (Å²) < 4.78 is 5.10. The predicted octanol–water partition coefficient (Wildman–Crippen LogP) is 1.53. The number of nitrogens with one attached hydrogen (secondary N) is 2. The third-order valence-corrected chi connectivity index (χ3v) is 2.25. The summed E-state index contributed by atoms with van der Waals surface area (Å²) in [5.74, 6) is 0.883. The fourth-order valence-corrected chi connectivity index (χ4v) is 1.46. The molecule has 2 N–H and O–H groups in total. The van der Waals surface area contributed by atoms with Crippen molar-refractivity contribution >= 4 is 5.70 Å². The Hall–Kier alpha value is -1.64. The van der Waals surface area contributed by atoms with Gasteiger partial charge in [-0.15, -0.1) is 0 Å². The second kappa shape index (κ2) is 3.62. The number of rotatable bonds is 2. The largest absolute Gasteiger partial charge is 0.497 e. The van der Waals surface area contributed by atoms with Crippen molar-refractivity contribution in [1.29, 1.82) is 0 Å². The van der Waals surface area contributed by atoms with Gasteiger partial charge in [0.1, 0.15) is 5.75 Å². The quantitative estimate of drug-likeness (QED) is 0.742. The maximum atomic E-state index is 5.10. The Morgan fingerprint density at radius 3 is 2.43 bits per heavy atom. The van der Waals surface area contributed by atoms with Gasteiger partial charge in [-0.05, 0) is 36.8 Å². The molecule has 1 aliphatic heterocycles. The lowest BCUT2D eigenvalue weighted by Gasteiger charge is -2.08. The third kappa shape index (κ3) is 1.66. The highest BCUT2D eigenvalue weighted by Crippen LogP contribution is 2.18. The number of methoxy groups -OCH3 is 1. The first-order chi connectivity index (χ1) is 6.79. The summed E-state index contributed by atoms with van der Waals surface area (Å²) in [6.45, 7) is 2.08. The average molecular weight is 190 g/mol. The standard InChI is InChI=1S/C11H14N2O/c1-8-12-7-11(13-8)9-3-5-10(14-2)6-4-9/h3-8,12-13H,1-2H3. The van der Waals surface area contributed by atoms with Gasteiger partial charge in [0.25, 0.3) is 0 Å². The molecule has 1 aliphatic rings. The molecule has 1 unspecified atom stereocenters. The van der Waals surface area contributed by atoms with Crippen LogP contribution in [0.15, 0.2) is 30.5 Å². The molecule has 14 heavy (non-hydrogen) atoms. The van der Waals surface area contributed by atoms with Crippen LogP contribution in [0.2, 0.25) is 0 Å².